The zero-order valence-electron chi connectivity index (χ0n) is 10.1. The molecule has 1 N–H and O–H groups in total. The zero-order valence-corrected chi connectivity index (χ0v) is 10.8. The molecule has 0 saturated carbocycles. The number of aliphatic carboxylic acids is 1. The van der Waals surface area contributed by atoms with Crippen LogP contribution in [0.4, 0.5) is 10.5 Å². The number of anilines is 1. The van der Waals surface area contributed by atoms with Crippen LogP contribution < -0.4 is 4.90 Å². The number of imide groups is 1. The van der Waals surface area contributed by atoms with E-state index >= 15 is 0 Å². The fourth-order valence-electron chi connectivity index (χ4n) is 1.81. The molecule has 7 heteroatoms. The van der Waals surface area contributed by atoms with E-state index in [1.807, 2.05) is 0 Å². The highest BCUT2D eigenvalue weighted by molar-refractivity contribution is 6.32. The molecule has 6 nitrogen and oxygen atoms in total. The molecule has 2 rings (SSSR count). The molecule has 1 aliphatic rings. The zero-order chi connectivity index (χ0) is 14.2. The van der Waals surface area contributed by atoms with Crippen molar-refractivity contribution in [1.29, 1.82) is 0 Å². The summed E-state index contributed by atoms with van der Waals surface area (Å²) in [5, 5.41) is 9.11. The topological polar surface area (TPSA) is 77.9 Å². The molecule has 1 fully saturated rings. The van der Waals surface area contributed by atoms with E-state index in [0.29, 0.717) is 10.7 Å². The van der Waals surface area contributed by atoms with Gasteiger partial charge in [0.2, 0.25) is 0 Å². The maximum absolute atomic E-state index is 12.0. The predicted molar refractivity (Wildman–Crippen MR) is 68.3 cm³/mol. The number of hydrogen-bond acceptors (Lipinski definition) is 3. The molecule has 0 atom stereocenters. The fourth-order valence-corrected chi connectivity index (χ4v) is 1.99. The van der Waals surface area contributed by atoms with Gasteiger partial charge in [0.25, 0.3) is 5.91 Å². The van der Waals surface area contributed by atoms with E-state index in [4.69, 9.17) is 16.7 Å². The van der Waals surface area contributed by atoms with Gasteiger partial charge in [0.1, 0.15) is 13.1 Å². The average molecular weight is 283 g/mol. The number of carboxylic acids is 1. The molecule has 1 heterocycles. The Morgan fingerprint density at radius 2 is 2.11 bits per heavy atom. The number of benzene rings is 1. The number of carbonyl (C=O) groups is 3. The number of carbonyl (C=O) groups excluding carboxylic acids is 2. The van der Waals surface area contributed by atoms with Crippen LogP contribution in [-0.2, 0) is 9.59 Å². The lowest BCUT2D eigenvalue weighted by atomic mass is 10.2. The number of rotatable bonds is 3. The molecule has 0 spiro atoms. The van der Waals surface area contributed by atoms with Crippen LogP contribution in [0.1, 0.15) is 5.56 Å². The summed E-state index contributed by atoms with van der Waals surface area (Å²) in [5.74, 6) is -1.63. The third kappa shape index (κ3) is 2.53. The third-order valence-electron chi connectivity index (χ3n) is 2.78. The molecule has 1 aromatic rings. The summed E-state index contributed by atoms with van der Waals surface area (Å²) in [6.45, 7) is 1.06. The van der Waals surface area contributed by atoms with E-state index in [1.165, 1.54) is 6.07 Å². The summed E-state index contributed by atoms with van der Waals surface area (Å²) in [6.07, 6.45) is 0. The highest BCUT2D eigenvalue weighted by atomic mass is 35.5. The molecule has 0 aromatic heterocycles. The third-order valence-corrected chi connectivity index (χ3v) is 3.18. The lowest BCUT2D eigenvalue weighted by Crippen LogP contribution is -2.35. The maximum Gasteiger partial charge on any atom is 0.332 e. The van der Waals surface area contributed by atoms with Crippen molar-refractivity contribution >= 4 is 35.2 Å². The Balaban J connectivity index is 2.29. The largest absolute Gasteiger partial charge is 0.480 e. The van der Waals surface area contributed by atoms with Gasteiger partial charge in [-0.25, -0.2) is 9.69 Å². The van der Waals surface area contributed by atoms with E-state index in [2.05, 4.69) is 0 Å². The molecule has 0 aliphatic carbocycles. The van der Waals surface area contributed by atoms with Gasteiger partial charge in [-0.2, -0.15) is 0 Å². The second-order valence-corrected chi connectivity index (χ2v) is 4.60. The lowest BCUT2D eigenvalue weighted by molar-refractivity contribution is -0.137. The quantitative estimate of drug-likeness (QED) is 0.852. The Hall–Kier alpha value is -2.08. The Morgan fingerprint density at radius 3 is 2.68 bits per heavy atom. The van der Waals surface area contributed by atoms with Crippen molar-refractivity contribution in [2.24, 2.45) is 0 Å². The number of carboxylic acid groups (broad SMARTS) is 1. The Kier molecular flexibility index (Phi) is 3.44. The van der Waals surface area contributed by atoms with Crippen LogP contribution in [0.15, 0.2) is 18.2 Å². The number of hydrogen-bond donors (Lipinski definition) is 1. The van der Waals surface area contributed by atoms with Crippen LogP contribution in [0.25, 0.3) is 0 Å². The molecule has 1 aliphatic heterocycles. The van der Waals surface area contributed by atoms with Gasteiger partial charge in [0.05, 0.1) is 5.69 Å². The van der Waals surface area contributed by atoms with Crippen molar-refractivity contribution < 1.29 is 19.5 Å². The molecular weight excluding hydrogens is 272 g/mol. The monoisotopic (exact) mass is 282 g/mol. The fraction of sp³-hybridized carbons (Fsp3) is 0.250. The maximum atomic E-state index is 12.0. The van der Waals surface area contributed by atoms with Crippen LogP contribution in [0.2, 0.25) is 5.02 Å². The van der Waals surface area contributed by atoms with E-state index in [0.717, 1.165) is 15.4 Å². The van der Waals surface area contributed by atoms with Crippen LogP contribution in [-0.4, -0.2) is 41.0 Å². The second kappa shape index (κ2) is 4.89. The van der Waals surface area contributed by atoms with Gasteiger partial charge in [-0.3, -0.25) is 9.59 Å². The minimum absolute atomic E-state index is 0.239. The summed E-state index contributed by atoms with van der Waals surface area (Å²) in [5.41, 5.74) is 1.17. The summed E-state index contributed by atoms with van der Waals surface area (Å²) in [7, 11) is 0. The summed E-state index contributed by atoms with van der Waals surface area (Å²) < 4.78 is 0. The van der Waals surface area contributed by atoms with Gasteiger partial charge in [0, 0.05) is 5.02 Å². The van der Waals surface area contributed by atoms with Crippen LogP contribution in [0.5, 0.6) is 0 Å². The van der Waals surface area contributed by atoms with E-state index in [-0.39, 0.29) is 6.54 Å². The first-order valence-corrected chi connectivity index (χ1v) is 5.87. The van der Waals surface area contributed by atoms with Crippen molar-refractivity contribution in [3.8, 4) is 0 Å². The molecule has 0 unspecified atom stereocenters. The van der Waals surface area contributed by atoms with Gasteiger partial charge in [-0.15, -0.1) is 0 Å². The van der Waals surface area contributed by atoms with E-state index in [1.54, 1.807) is 19.1 Å². The highest BCUT2D eigenvalue weighted by Crippen LogP contribution is 2.26. The van der Waals surface area contributed by atoms with Crippen LogP contribution in [0, 0.1) is 6.92 Å². The number of aryl methyl sites for hydroxylation is 1. The van der Waals surface area contributed by atoms with Crippen molar-refractivity contribution in [3.63, 3.8) is 0 Å². The average Bonchev–Trinajstić information content (AvgIpc) is 2.58. The number of nitrogens with zero attached hydrogens (tertiary/aromatic N) is 2. The van der Waals surface area contributed by atoms with Gasteiger partial charge >= 0.3 is 12.0 Å². The SMILES string of the molecule is Cc1ccc(N2C(=O)CN(CC(=O)O)C2=O)cc1Cl. The van der Waals surface area contributed by atoms with Crippen LogP contribution in [0.3, 0.4) is 0 Å². The van der Waals surface area contributed by atoms with Gasteiger partial charge in [-0.05, 0) is 24.6 Å². The predicted octanol–water partition coefficient (Wildman–Crippen LogP) is 1.50. The molecular formula is C12H11ClN2O4. The number of amides is 3. The van der Waals surface area contributed by atoms with Gasteiger partial charge in [0.15, 0.2) is 0 Å². The summed E-state index contributed by atoms with van der Waals surface area (Å²) in [6, 6.07) is 4.16. The van der Waals surface area contributed by atoms with Crippen LogP contribution >= 0.6 is 11.6 Å². The molecule has 1 aromatic carbocycles. The molecule has 3 amide bonds. The van der Waals surface area contributed by atoms with Crippen molar-refractivity contribution in [2.75, 3.05) is 18.0 Å². The lowest BCUT2D eigenvalue weighted by Gasteiger charge is -2.16. The smallest absolute Gasteiger partial charge is 0.332 e. The second-order valence-electron chi connectivity index (χ2n) is 4.20. The molecule has 19 heavy (non-hydrogen) atoms. The number of halogens is 1. The Morgan fingerprint density at radius 1 is 1.42 bits per heavy atom. The molecule has 0 bridgehead atoms. The highest BCUT2D eigenvalue weighted by Gasteiger charge is 2.38. The van der Waals surface area contributed by atoms with Crippen molar-refractivity contribution in [3.05, 3.63) is 28.8 Å². The Bertz CT molecular complexity index is 573. The number of urea groups is 1. The Labute approximate surface area is 114 Å². The summed E-state index contributed by atoms with van der Waals surface area (Å²) >= 11 is 5.95. The normalized spacial score (nSPS) is 15.3. The molecule has 1 saturated heterocycles. The minimum Gasteiger partial charge on any atom is -0.480 e. The molecule has 100 valence electrons. The van der Waals surface area contributed by atoms with Gasteiger partial charge < -0.3 is 10.0 Å². The van der Waals surface area contributed by atoms with E-state index in [9.17, 15) is 14.4 Å². The summed E-state index contributed by atoms with van der Waals surface area (Å²) in [4.78, 5) is 36.3. The first-order chi connectivity index (χ1) is 8.90. The first-order valence-electron chi connectivity index (χ1n) is 5.50. The minimum atomic E-state index is -1.16. The van der Waals surface area contributed by atoms with E-state index < -0.39 is 24.5 Å². The van der Waals surface area contributed by atoms with Crippen molar-refractivity contribution in [1.82, 2.24) is 4.90 Å². The standard InChI is InChI=1S/C12H11ClN2O4/c1-7-2-3-8(4-9(7)13)15-10(16)5-14(12(15)19)6-11(17)18/h2-4H,5-6H2,1H3,(H,17,18). The first kappa shape index (κ1) is 13.4. The van der Waals surface area contributed by atoms with Crippen molar-refractivity contribution in [2.45, 2.75) is 6.92 Å². The van der Waals surface area contributed by atoms with Gasteiger partial charge in [-0.1, -0.05) is 17.7 Å². The molecule has 0 radical (unpaired) electrons.